The molecule has 0 unspecified atom stereocenters. The van der Waals surface area contributed by atoms with Crippen molar-refractivity contribution in [3.8, 4) is 0 Å². The number of ether oxygens (including phenoxy) is 1. The largest absolute Gasteiger partial charge is 0.383 e. The third kappa shape index (κ3) is 5.03. The highest BCUT2D eigenvalue weighted by Crippen LogP contribution is 2.24. The Morgan fingerprint density at radius 3 is 2.78 bits per heavy atom. The van der Waals surface area contributed by atoms with E-state index in [1.807, 2.05) is 5.38 Å². The minimum absolute atomic E-state index is 0.0825. The van der Waals surface area contributed by atoms with Crippen LogP contribution in [0.4, 0.5) is 5.69 Å². The maximum atomic E-state index is 12.7. The molecule has 1 amide bonds. The molecule has 0 aliphatic heterocycles. The SMILES string of the molecule is COCCn1c(SCC(=O)Nc2cc(Cl)cc(Cl)c2)nc2ccsc2c1=O. The van der Waals surface area contributed by atoms with Gasteiger partial charge in [-0.2, -0.15) is 0 Å². The van der Waals surface area contributed by atoms with Crippen molar-refractivity contribution >= 4 is 68.1 Å². The Labute approximate surface area is 173 Å². The van der Waals surface area contributed by atoms with E-state index in [0.717, 1.165) is 0 Å². The normalized spacial score (nSPS) is 11.1. The highest BCUT2D eigenvalue weighted by molar-refractivity contribution is 7.99. The van der Waals surface area contributed by atoms with Gasteiger partial charge in [0, 0.05) is 22.8 Å². The number of thiophene rings is 1. The number of halogens is 2. The molecule has 3 rings (SSSR count). The first-order valence-electron chi connectivity index (χ1n) is 7.83. The topological polar surface area (TPSA) is 73.2 Å². The van der Waals surface area contributed by atoms with E-state index >= 15 is 0 Å². The lowest BCUT2D eigenvalue weighted by Gasteiger charge is -2.11. The summed E-state index contributed by atoms with van der Waals surface area (Å²) in [5.74, 6) is -0.171. The number of nitrogens with one attached hydrogen (secondary N) is 1. The second-order valence-corrected chi connectivity index (χ2v) is 8.21. The van der Waals surface area contributed by atoms with Gasteiger partial charge in [-0.3, -0.25) is 14.2 Å². The molecule has 0 aliphatic carbocycles. The van der Waals surface area contributed by atoms with E-state index in [0.29, 0.717) is 44.3 Å². The minimum Gasteiger partial charge on any atom is -0.383 e. The summed E-state index contributed by atoms with van der Waals surface area (Å²) in [5.41, 5.74) is 1.01. The molecule has 1 aromatic carbocycles. The Bertz CT molecular complexity index is 1020. The van der Waals surface area contributed by atoms with Gasteiger partial charge in [0.05, 0.1) is 24.4 Å². The maximum absolute atomic E-state index is 12.7. The summed E-state index contributed by atoms with van der Waals surface area (Å²) in [6.45, 7) is 0.739. The summed E-state index contributed by atoms with van der Waals surface area (Å²) < 4.78 is 7.21. The van der Waals surface area contributed by atoms with Crippen LogP contribution in [0.15, 0.2) is 39.6 Å². The van der Waals surface area contributed by atoms with Crippen LogP contribution in [0.1, 0.15) is 0 Å². The van der Waals surface area contributed by atoms with Crippen LogP contribution in [-0.2, 0) is 16.1 Å². The van der Waals surface area contributed by atoms with Crippen LogP contribution in [0.2, 0.25) is 10.0 Å². The van der Waals surface area contributed by atoms with Crippen molar-refractivity contribution in [1.29, 1.82) is 0 Å². The molecule has 10 heteroatoms. The van der Waals surface area contributed by atoms with Gasteiger partial charge in [-0.1, -0.05) is 35.0 Å². The van der Waals surface area contributed by atoms with Gasteiger partial charge in [-0.05, 0) is 29.6 Å². The zero-order valence-corrected chi connectivity index (χ0v) is 17.3. The molecular weight excluding hydrogens is 429 g/mol. The third-order valence-electron chi connectivity index (χ3n) is 3.53. The molecule has 0 saturated carbocycles. The molecular formula is C17H15Cl2N3O3S2. The van der Waals surface area contributed by atoms with Crippen molar-refractivity contribution in [3.05, 3.63) is 50.0 Å². The van der Waals surface area contributed by atoms with Gasteiger partial charge in [0.15, 0.2) is 5.16 Å². The van der Waals surface area contributed by atoms with Crippen molar-refractivity contribution in [2.45, 2.75) is 11.7 Å². The Hall–Kier alpha value is -1.58. The molecule has 3 aromatic rings. The van der Waals surface area contributed by atoms with Crippen LogP contribution in [0.25, 0.3) is 10.2 Å². The van der Waals surface area contributed by atoms with Crippen molar-refractivity contribution in [2.24, 2.45) is 0 Å². The fourth-order valence-corrected chi connectivity index (χ4v) is 4.50. The van der Waals surface area contributed by atoms with Crippen LogP contribution in [0, 0.1) is 0 Å². The fourth-order valence-electron chi connectivity index (χ4n) is 2.37. The molecule has 0 atom stereocenters. The minimum atomic E-state index is -0.253. The number of methoxy groups -OCH3 is 1. The van der Waals surface area contributed by atoms with E-state index < -0.39 is 0 Å². The Morgan fingerprint density at radius 1 is 1.33 bits per heavy atom. The molecule has 0 fully saturated rings. The second kappa shape index (κ2) is 9.07. The van der Waals surface area contributed by atoms with Crippen molar-refractivity contribution in [3.63, 3.8) is 0 Å². The van der Waals surface area contributed by atoms with Crippen LogP contribution in [0.5, 0.6) is 0 Å². The van der Waals surface area contributed by atoms with Crippen LogP contribution >= 0.6 is 46.3 Å². The zero-order valence-electron chi connectivity index (χ0n) is 14.2. The molecule has 0 saturated heterocycles. The Morgan fingerprint density at radius 2 is 2.07 bits per heavy atom. The number of anilines is 1. The Kier molecular flexibility index (Phi) is 6.78. The smallest absolute Gasteiger partial charge is 0.272 e. The van der Waals surface area contributed by atoms with Crippen molar-refractivity contribution < 1.29 is 9.53 Å². The lowest BCUT2D eigenvalue weighted by Crippen LogP contribution is -2.25. The van der Waals surface area contributed by atoms with Crippen molar-refractivity contribution in [2.75, 3.05) is 24.8 Å². The molecule has 0 spiro atoms. The van der Waals surface area contributed by atoms with Gasteiger partial charge < -0.3 is 10.1 Å². The van der Waals surface area contributed by atoms with Crippen LogP contribution in [-0.4, -0.2) is 34.9 Å². The first kappa shape index (κ1) is 20.2. The summed E-state index contributed by atoms with van der Waals surface area (Å²) in [6, 6.07) is 6.60. The highest BCUT2D eigenvalue weighted by Gasteiger charge is 2.14. The van der Waals surface area contributed by atoms with Gasteiger partial charge in [0.2, 0.25) is 5.91 Å². The number of thioether (sulfide) groups is 1. The average molecular weight is 444 g/mol. The monoisotopic (exact) mass is 443 g/mol. The first-order chi connectivity index (χ1) is 13.0. The van der Waals surface area contributed by atoms with E-state index in [9.17, 15) is 9.59 Å². The molecule has 0 bridgehead atoms. The number of carbonyl (C=O) groups is 1. The lowest BCUT2D eigenvalue weighted by atomic mass is 10.3. The van der Waals surface area contributed by atoms with E-state index in [-0.39, 0.29) is 17.2 Å². The van der Waals surface area contributed by atoms with Crippen LogP contribution < -0.4 is 10.9 Å². The predicted octanol–water partition coefficient (Wildman–Crippen LogP) is 4.14. The first-order valence-corrected chi connectivity index (χ1v) is 10.5. The van der Waals surface area contributed by atoms with E-state index in [2.05, 4.69) is 10.3 Å². The number of nitrogens with zero attached hydrogens (tertiary/aromatic N) is 2. The number of fused-ring (bicyclic) bond motifs is 1. The summed E-state index contributed by atoms with van der Waals surface area (Å²) in [7, 11) is 1.57. The molecule has 2 aromatic heterocycles. The molecule has 0 radical (unpaired) electrons. The molecule has 6 nitrogen and oxygen atoms in total. The predicted molar refractivity (Wildman–Crippen MR) is 112 cm³/mol. The van der Waals surface area contributed by atoms with E-state index in [4.69, 9.17) is 27.9 Å². The lowest BCUT2D eigenvalue weighted by molar-refractivity contribution is -0.113. The number of benzene rings is 1. The summed E-state index contributed by atoms with van der Waals surface area (Å²) in [5, 5.41) is 5.90. The zero-order chi connectivity index (χ0) is 19.4. The second-order valence-electron chi connectivity index (χ2n) is 5.47. The number of rotatable bonds is 7. The number of carbonyl (C=O) groups excluding carboxylic acids is 1. The average Bonchev–Trinajstić information content (AvgIpc) is 3.07. The van der Waals surface area contributed by atoms with Gasteiger partial charge in [-0.25, -0.2) is 4.98 Å². The van der Waals surface area contributed by atoms with Gasteiger partial charge in [0.25, 0.3) is 5.56 Å². The van der Waals surface area contributed by atoms with E-state index in [1.54, 1.807) is 31.4 Å². The number of aromatic nitrogens is 2. The maximum Gasteiger partial charge on any atom is 0.272 e. The van der Waals surface area contributed by atoms with Crippen LogP contribution in [0.3, 0.4) is 0 Å². The number of amides is 1. The van der Waals surface area contributed by atoms with Crippen molar-refractivity contribution in [1.82, 2.24) is 9.55 Å². The van der Waals surface area contributed by atoms with Gasteiger partial charge >= 0.3 is 0 Å². The summed E-state index contributed by atoms with van der Waals surface area (Å²) in [6.07, 6.45) is 0. The fraction of sp³-hybridized carbons (Fsp3) is 0.235. The standard InChI is InChI=1S/C17H15Cl2N3O3S2/c1-25-4-3-22-16(24)15-13(2-5-26-15)21-17(22)27-9-14(23)20-12-7-10(18)6-11(19)8-12/h2,5-8H,3-4,9H2,1H3,(H,20,23). The molecule has 1 N–H and O–H groups in total. The highest BCUT2D eigenvalue weighted by atomic mass is 35.5. The molecule has 142 valence electrons. The Balaban J connectivity index is 1.77. The van der Waals surface area contributed by atoms with Gasteiger partial charge in [-0.15, -0.1) is 11.3 Å². The summed E-state index contributed by atoms with van der Waals surface area (Å²) in [4.78, 5) is 29.5. The van der Waals surface area contributed by atoms with Gasteiger partial charge in [0.1, 0.15) is 4.70 Å². The molecule has 2 heterocycles. The number of hydrogen-bond donors (Lipinski definition) is 1. The van der Waals surface area contributed by atoms with E-state index in [1.165, 1.54) is 27.7 Å². The summed E-state index contributed by atoms with van der Waals surface area (Å²) >= 11 is 14.4. The molecule has 27 heavy (non-hydrogen) atoms. The molecule has 0 aliphatic rings. The number of hydrogen-bond acceptors (Lipinski definition) is 6. The quantitative estimate of drug-likeness (QED) is 0.438. The third-order valence-corrected chi connectivity index (χ3v) is 5.83.